The third-order valence-corrected chi connectivity index (χ3v) is 3.20. The van der Waals surface area contributed by atoms with Crippen molar-refractivity contribution < 1.29 is 4.39 Å². The first-order valence-electron chi connectivity index (χ1n) is 6.70. The molecule has 102 valence electrons. The average Bonchev–Trinajstić information content (AvgIpc) is 2.84. The highest BCUT2D eigenvalue weighted by Crippen LogP contribution is 2.16. The molecule has 0 bridgehead atoms. The monoisotopic (exact) mass is 261 g/mol. The molecule has 0 radical (unpaired) electrons. The van der Waals surface area contributed by atoms with E-state index >= 15 is 0 Å². The fourth-order valence-electron chi connectivity index (χ4n) is 2.13. The van der Waals surface area contributed by atoms with Crippen LogP contribution in [-0.2, 0) is 13.1 Å². The molecule has 1 aromatic heterocycles. The molecule has 19 heavy (non-hydrogen) atoms. The van der Waals surface area contributed by atoms with Gasteiger partial charge in [-0.2, -0.15) is 0 Å². The molecule has 0 saturated carbocycles. The van der Waals surface area contributed by atoms with Crippen molar-refractivity contribution in [3.8, 4) is 0 Å². The van der Waals surface area contributed by atoms with Crippen molar-refractivity contribution in [2.75, 3.05) is 0 Å². The summed E-state index contributed by atoms with van der Waals surface area (Å²) < 4.78 is 15.8. The minimum atomic E-state index is -0.167. The zero-order chi connectivity index (χ0) is 13.7. The second-order valence-electron chi connectivity index (χ2n) is 4.66. The van der Waals surface area contributed by atoms with Gasteiger partial charge in [0.1, 0.15) is 11.6 Å². The lowest BCUT2D eigenvalue weighted by Gasteiger charge is -2.15. The minimum Gasteiger partial charge on any atom is -0.334 e. The van der Waals surface area contributed by atoms with Gasteiger partial charge in [-0.1, -0.05) is 25.1 Å². The van der Waals surface area contributed by atoms with E-state index in [1.54, 1.807) is 12.3 Å². The van der Waals surface area contributed by atoms with Crippen LogP contribution >= 0.6 is 0 Å². The van der Waals surface area contributed by atoms with Crippen LogP contribution < -0.4 is 5.32 Å². The molecule has 3 nitrogen and oxygen atoms in total. The summed E-state index contributed by atoms with van der Waals surface area (Å²) in [5, 5.41) is 3.32. The lowest BCUT2D eigenvalue weighted by Crippen LogP contribution is -2.21. The summed E-state index contributed by atoms with van der Waals surface area (Å²) in [6, 6.07) is 6.83. The average molecular weight is 261 g/mol. The zero-order valence-electron chi connectivity index (χ0n) is 11.4. The highest BCUT2D eigenvalue weighted by molar-refractivity contribution is 5.20. The molecule has 1 heterocycles. The summed E-state index contributed by atoms with van der Waals surface area (Å²) >= 11 is 0. The number of nitrogens with zero attached hydrogens (tertiary/aromatic N) is 2. The quantitative estimate of drug-likeness (QED) is 0.864. The van der Waals surface area contributed by atoms with Crippen molar-refractivity contribution in [2.45, 2.75) is 39.4 Å². The molecule has 0 fully saturated rings. The Hall–Kier alpha value is -1.68. The summed E-state index contributed by atoms with van der Waals surface area (Å²) in [5.41, 5.74) is 0.691. The largest absolute Gasteiger partial charge is 0.334 e. The maximum Gasteiger partial charge on any atom is 0.127 e. The smallest absolute Gasteiger partial charge is 0.127 e. The standard InChI is InChI=1S/C15H20FN3/c1-3-9-19-10-8-17-15(19)11-18-12(2)13-6-4-5-7-14(13)16/h4-8,10,12,18H,3,9,11H2,1-2H3. The molecule has 4 heteroatoms. The van der Waals surface area contributed by atoms with Crippen molar-refractivity contribution in [3.63, 3.8) is 0 Å². The topological polar surface area (TPSA) is 29.9 Å². The van der Waals surface area contributed by atoms with Crippen molar-refractivity contribution in [1.82, 2.24) is 14.9 Å². The van der Waals surface area contributed by atoms with Gasteiger partial charge in [0, 0.05) is 30.5 Å². The Bertz CT molecular complexity index is 522. The summed E-state index contributed by atoms with van der Waals surface area (Å²) in [6.07, 6.45) is 4.86. The van der Waals surface area contributed by atoms with Crippen LogP contribution in [0.4, 0.5) is 4.39 Å². The molecular formula is C15H20FN3. The van der Waals surface area contributed by atoms with Crippen LogP contribution in [0.15, 0.2) is 36.7 Å². The van der Waals surface area contributed by atoms with Crippen LogP contribution in [0.3, 0.4) is 0 Å². The number of hydrogen-bond acceptors (Lipinski definition) is 2. The number of halogens is 1. The molecule has 0 amide bonds. The summed E-state index contributed by atoms with van der Waals surface area (Å²) in [5.74, 6) is 0.824. The normalized spacial score (nSPS) is 12.6. The lowest BCUT2D eigenvalue weighted by molar-refractivity contribution is 0.506. The van der Waals surface area contributed by atoms with Gasteiger partial charge in [0.25, 0.3) is 0 Å². The van der Waals surface area contributed by atoms with Gasteiger partial charge in [0.05, 0.1) is 6.54 Å². The number of benzene rings is 1. The van der Waals surface area contributed by atoms with E-state index in [9.17, 15) is 4.39 Å². The maximum atomic E-state index is 13.6. The predicted molar refractivity (Wildman–Crippen MR) is 74.2 cm³/mol. The molecule has 0 aliphatic rings. The zero-order valence-corrected chi connectivity index (χ0v) is 11.4. The number of nitrogens with one attached hydrogen (secondary N) is 1. The summed E-state index contributed by atoms with van der Waals surface area (Å²) in [6.45, 7) is 5.71. The molecule has 0 aliphatic heterocycles. The predicted octanol–water partition coefficient (Wildman–Crippen LogP) is 3.28. The van der Waals surface area contributed by atoms with E-state index in [0.29, 0.717) is 12.1 Å². The Morgan fingerprint density at radius 1 is 1.37 bits per heavy atom. The molecule has 1 unspecified atom stereocenters. The summed E-state index contributed by atoms with van der Waals surface area (Å²) in [4.78, 5) is 4.33. The van der Waals surface area contributed by atoms with Gasteiger partial charge in [0.2, 0.25) is 0 Å². The van der Waals surface area contributed by atoms with Gasteiger partial charge in [0.15, 0.2) is 0 Å². The first-order valence-corrected chi connectivity index (χ1v) is 6.70. The van der Waals surface area contributed by atoms with Crippen LogP contribution in [0, 0.1) is 5.82 Å². The number of rotatable bonds is 6. The molecule has 1 N–H and O–H groups in total. The van der Waals surface area contributed by atoms with Gasteiger partial charge in [-0.15, -0.1) is 0 Å². The van der Waals surface area contributed by atoms with E-state index < -0.39 is 0 Å². The molecule has 1 aromatic carbocycles. The molecule has 0 saturated heterocycles. The molecule has 0 spiro atoms. The first-order chi connectivity index (χ1) is 9.22. The molecular weight excluding hydrogens is 241 g/mol. The third kappa shape index (κ3) is 3.41. The number of hydrogen-bond donors (Lipinski definition) is 1. The maximum absolute atomic E-state index is 13.6. The van der Waals surface area contributed by atoms with Crippen LogP contribution in [0.2, 0.25) is 0 Å². The third-order valence-electron chi connectivity index (χ3n) is 3.20. The van der Waals surface area contributed by atoms with Gasteiger partial charge < -0.3 is 9.88 Å². The van der Waals surface area contributed by atoms with E-state index in [1.807, 2.05) is 25.3 Å². The second-order valence-corrected chi connectivity index (χ2v) is 4.66. The van der Waals surface area contributed by atoms with E-state index in [0.717, 1.165) is 18.8 Å². The highest BCUT2D eigenvalue weighted by atomic mass is 19.1. The summed E-state index contributed by atoms with van der Waals surface area (Å²) in [7, 11) is 0. The molecule has 2 rings (SSSR count). The fraction of sp³-hybridized carbons (Fsp3) is 0.400. The minimum absolute atomic E-state index is 0.0343. The Kier molecular flexibility index (Phi) is 4.68. The Morgan fingerprint density at radius 3 is 2.89 bits per heavy atom. The number of aromatic nitrogens is 2. The molecule has 0 aliphatic carbocycles. The van der Waals surface area contributed by atoms with E-state index in [4.69, 9.17) is 0 Å². The van der Waals surface area contributed by atoms with Crippen LogP contribution in [-0.4, -0.2) is 9.55 Å². The van der Waals surface area contributed by atoms with E-state index in [1.165, 1.54) is 6.07 Å². The highest BCUT2D eigenvalue weighted by Gasteiger charge is 2.10. The van der Waals surface area contributed by atoms with Gasteiger partial charge in [-0.25, -0.2) is 9.37 Å². The van der Waals surface area contributed by atoms with Crippen LogP contribution in [0.1, 0.15) is 37.7 Å². The Morgan fingerprint density at radius 2 is 2.16 bits per heavy atom. The van der Waals surface area contributed by atoms with Crippen molar-refractivity contribution >= 4 is 0 Å². The lowest BCUT2D eigenvalue weighted by atomic mass is 10.1. The van der Waals surface area contributed by atoms with E-state index in [-0.39, 0.29) is 11.9 Å². The second kappa shape index (κ2) is 6.48. The van der Waals surface area contributed by atoms with Gasteiger partial charge >= 0.3 is 0 Å². The number of imidazole rings is 1. The molecule has 2 aromatic rings. The fourth-order valence-corrected chi connectivity index (χ4v) is 2.13. The number of aryl methyl sites for hydroxylation is 1. The SMILES string of the molecule is CCCn1ccnc1CNC(C)c1ccccc1F. The van der Waals surface area contributed by atoms with Crippen molar-refractivity contribution in [3.05, 3.63) is 53.9 Å². The Balaban J connectivity index is 1.98. The molecule has 1 atom stereocenters. The Labute approximate surface area is 113 Å². The van der Waals surface area contributed by atoms with Crippen molar-refractivity contribution in [2.24, 2.45) is 0 Å². The van der Waals surface area contributed by atoms with Crippen molar-refractivity contribution in [1.29, 1.82) is 0 Å². The van der Waals surface area contributed by atoms with Gasteiger partial charge in [-0.05, 0) is 19.4 Å². The van der Waals surface area contributed by atoms with Crippen LogP contribution in [0.25, 0.3) is 0 Å². The van der Waals surface area contributed by atoms with Crippen LogP contribution in [0.5, 0.6) is 0 Å². The van der Waals surface area contributed by atoms with E-state index in [2.05, 4.69) is 21.8 Å². The first kappa shape index (κ1) is 13.7. The van der Waals surface area contributed by atoms with Gasteiger partial charge in [-0.3, -0.25) is 0 Å².